The molecule has 4 rings (SSSR count). The quantitative estimate of drug-likeness (QED) is 0.761. The minimum Gasteiger partial charge on any atom is -0.342 e. The zero-order chi connectivity index (χ0) is 18.6. The Morgan fingerprint density at radius 3 is 2.22 bits per heavy atom. The van der Waals surface area contributed by atoms with Gasteiger partial charge in [0.05, 0.1) is 6.54 Å². The predicted molar refractivity (Wildman–Crippen MR) is 105 cm³/mol. The highest BCUT2D eigenvalue weighted by Crippen LogP contribution is 2.30. The second-order valence-electron chi connectivity index (χ2n) is 8.80. The molecule has 6 nitrogen and oxygen atoms in total. The molecule has 6 heteroatoms. The molecule has 0 aromatic carbocycles. The van der Waals surface area contributed by atoms with Crippen LogP contribution in [0.5, 0.6) is 0 Å². The monoisotopic (exact) mass is 373 g/mol. The van der Waals surface area contributed by atoms with Gasteiger partial charge in [0.1, 0.15) is 11.6 Å². The number of rotatable bonds is 4. The molecule has 2 saturated heterocycles. The number of hydrogen-bond acceptors (Lipinski definition) is 4. The molecule has 3 aliphatic rings. The zero-order valence-corrected chi connectivity index (χ0v) is 16.9. The molecule has 1 aromatic rings. The highest BCUT2D eigenvalue weighted by atomic mass is 16.2. The average Bonchev–Trinajstić information content (AvgIpc) is 3.24. The lowest BCUT2D eigenvalue weighted by Crippen LogP contribution is -2.41. The molecule has 3 fully saturated rings. The van der Waals surface area contributed by atoms with Crippen LogP contribution in [-0.2, 0) is 18.4 Å². The van der Waals surface area contributed by atoms with Crippen LogP contribution in [0.15, 0.2) is 0 Å². The summed E-state index contributed by atoms with van der Waals surface area (Å²) in [5.74, 6) is 3.34. The molecule has 2 aliphatic heterocycles. The standard InChI is InChI=1S/C21H35N5O/c1-24-19(16-25-12-6-7-13-25)22-23-20(24)17-10-14-26(15-11-17)21(27)18-8-4-2-3-5-9-18/h17-18H,2-16H2,1H3. The Labute approximate surface area is 163 Å². The van der Waals surface area contributed by atoms with Gasteiger partial charge in [-0.15, -0.1) is 10.2 Å². The first-order chi connectivity index (χ1) is 13.2. The maximum atomic E-state index is 12.9. The van der Waals surface area contributed by atoms with Gasteiger partial charge < -0.3 is 9.47 Å². The van der Waals surface area contributed by atoms with Gasteiger partial charge in [-0.25, -0.2) is 0 Å². The number of nitrogens with zero attached hydrogens (tertiary/aromatic N) is 5. The summed E-state index contributed by atoms with van der Waals surface area (Å²) in [4.78, 5) is 17.5. The van der Waals surface area contributed by atoms with Crippen molar-refractivity contribution in [2.45, 2.75) is 76.7 Å². The lowest BCUT2D eigenvalue weighted by atomic mass is 9.93. The van der Waals surface area contributed by atoms with Crippen LogP contribution >= 0.6 is 0 Å². The van der Waals surface area contributed by atoms with Crippen LogP contribution in [0.25, 0.3) is 0 Å². The normalized spacial score (nSPS) is 23.7. The van der Waals surface area contributed by atoms with E-state index in [0.29, 0.717) is 11.8 Å². The minimum absolute atomic E-state index is 0.283. The van der Waals surface area contributed by atoms with Crippen molar-refractivity contribution in [1.82, 2.24) is 24.6 Å². The Kier molecular flexibility index (Phi) is 6.11. The van der Waals surface area contributed by atoms with Gasteiger partial charge in [0.15, 0.2) is 0 Å². The van der Waals surface area contributed by atoms with Gasteiger partial charge >= 0.3 is 0 Å². The number of amides is 1. The van der Waals surface area contributed by atoms with E-state index in [-0.39, 0.29) is 5.92 Å². The predicted octanol–water partition coefficient (Wildman–Crippen LogP) is 3.09. The van der Waals surface area contributed by atoms with Crippen LogP contribution in [0.4, 0.5) is 0 Å². The topological polar surface area (TPSA) is 54.3 Å². The first-order valence-corrected chi connectivity index (χ1v) is 11.1. The van der Waals surface area contributed by atoms with E-state index in [9.17, 15) is 4.79 Å². The van der Waals surface area contributed by atoms with Crippen molar-refractivity contribution in [2.24, 2.45) is 13.0 Å². The van der Waals surface area contributed by atoms with E-state index >= 15 is 0 Å². The number of carbonyl (C=O) groups is 1. The summed E-state index contributed by atoms with van der Waals surface area (Å²) >= 11 is 0. The second kappa shape index (κ2) is 8.72. The van der Waals surface area contributed by atoms with Gasteiger partial charge in [-0.05, 0) is 51.6 Å². The summed E-state index contributed by atoms with van der Waals surface area (Å²) in [5.41, 5.74) is 0. The third-order valence-corrected chi connectivity index (χ3v) is 6.94. The van der Waals surface area contributed by atoms with Crippen LogP contribution in [-0.4, -0.2) is 56.7 Å². The van der Waals surface area contributed by atoms with E-state index in [1.54, 1.807) is 0 Å². The SMILES string of the molecule is Cn1c(CN2CCCC2)nnc1C1CCN(C(=O)C2CCCCCC2)CC1. The molecular formula is C21H35N5O. The van der Waals surface area contributed by atoms with E-state index in [1.807, 2.05) is 0 Å². The third-order valence-electron chi connectivity index (χ3n) is 6.94. The highest BCUT2D eigenvalue weighted by molar-refractivity contribution is 5.79. The minimum atomic E-state index is 0.283. The number of piperidine rings is 1. The Balaban J connectivity index is 1.32. The molecule has 0 bridgehead atoms. The molecule has 3 heterocycles. The summed E-state index contributed by atoms with van der Waals surface area (Å²) in [7, 11) is 2.11. The Morgan fingerprint density at radius 1 is 0.889 bits per heavy atom. The summed E-state index contributed by atoms with van der Waals surface area (Å²) in [6.07, 6.45) is 11.9. The van der Waals surface area contributed by atoms with Gasteiger partial charge in [0.25, 0.3) is 0 Å². The number of hydrogen-bond donors (Lipinski definition) is 0. The summed E-state index contributed by atoms with van der Waals surface area (Å²) in [5, 5.41) is 9.02. The summed E-state index contributed by atoms with van der Waals surface area (Å²) < 4.78 is 2.21. The number of aromatic nitrogens is 3. The highest BCUT2D eigenvalue weighted by Gasteiger charge is 2.31. The molecule has 0 spiro atoms. The van der Waals surface area contributed by atoms with E-state index in [4.69, 9.17) is 0 Å². The van der Waals surface area contributed by atoms with Crippen molar-refractivity contribution < 1.29 is 4.79 Å². The molecule has 1 amide bonds. The lowest BCUT2D eigenvalue weighted by molar-refractivity contribution is -0.137. The smallest absolute Gasteiger partial charge is 0.225 e. The van der Waals surface area contributed by atoms with E-state index in [1.165, 1.54) is 51.6 Å². The van der Waals surface area contributed by atoms with Crippen molar-refractivity contribution in [3.63, 3.8) is 0 Å². The fourth-order valence-corrected chi connectivity index (χ4v) is 5.15. The first-order valence-electron chi connectivity index (χ1n) is 11.1. The van der Waals surface area contributed by atoms with Gasteiger partial charge in [0, 0.05) is 32.0 Å². The van der Waals surface area contributed by atoms with Gasteiger partial charge in [-0.2, -0.15) is 0 Å². The molecule has 27 heavy (non-hydrogen) atoms. The zero-order valence-electron chi connectivity index (χ0n) is 16.9. The van der Waals surface area contributed by atoms with Crippen molar-refractivity contribution in [1.29, 1.82) is 0 Å². The van der Waals surface area contributed by atoms with E-state index < -0.39 is 0 Å². The maximum absolute atomic E-state index is 12.9. The largest absolute Gasteiger partial charge is 0.342 e. The van der Waals surface area contributed by atoms with Crippen LogP contribution in [0, 0.1) is 5.92 Å². The van der Waals surface area contributed by atoms with E-state index in [0.717, 1.165) is 57.0 Å². The molecule has 0 radical (unpaired) electrons. The first kappa shape index (κ1) is 18.9. The van der Waals surface area contributed by atoms with Crippen molar-refractivity contribution in [3.05, 3.63) is 11.6 Å². The Morgan fingerprint density at radius 2 is 1.56 bits per heavy atom. The van der Waals surface area contributed by atoms with Crippen molar-refractivity contribution >= 4 is 5.91 Å². The second-order valence-corrected chi connectivity index (χ2v) is 8.80. The fourth-order valence-electron chi connectivity index (χ4n) is 5.15. The van der Waals surface area contributed by atoms with Gasteiger partial charge in [0.2, 0.25) is 5.91 Å². The summed E-state index contributed by atoms with van der Waals surface area (Å²) in [6.45, 7) is 5.05. The van der Waals surface area contributed by atoms with Crippen LogP contribution in [0.1, 0.15) is 81.8 Å². The molecule has 150 valence electrons. The molecular weight excluding hydrogens is 338 g/mol. The molecule has 1 aliphatic carbocycles. The van der Waals surface area contributed by atoms with Crippen LogP contribution in [0.3, 0.4) is 0 Å². The van der Waals surface area contributed by atoms with Crippen LogP contribution < -0.4 is 0 Å². The molecule has 0 unspecified atom stereocenters. The molecule has 1 saturated carbocycles. The van der Waals surface area contributed by atoms with Gasteiger partial charge in [-0.1, -0.05) is 25.7 Å². The number of carbonyl (C=O) groups excluding carboxylic acids is 1. The maximum Gasteiger partial charge on any atom is 0.225 e. The number of likely N-dealkylation sites (tertiary alicyclic amines) is 2. The van der Waals surface area contributed by atoms with Gasteiger partial charge in [-0.3, -0.25) is 9.69 Å². The Bertz CT molecular complexity index is 621. The average molecular weight is 374 g/mol. The third kappa shape index (κ3) is 4.36. The fraction of sp³-hybridized carbons (Fsp3) is 0.857. The van der Waals surface area contributed by atoms with Crippen molar-refractivity contribution in [3.8, 4) is 0 Å². The van der Waals surface area contributed by atoms with Crippen LogP contribution in [0.2, 0.25) is 0 Å². The summed E-state index contributed by atoms with van der Waals surface area (Å²) in [6, 6.07) is 0. The molecule has 0 atom stereocenters. The Hall–Kier alpha value is -1.43. The molecule has 0 N–H and O–H groups in total. The van der Waals surface area contributed by atoms with Crippen molar-refractivity contribution in [2.75, 3.05) is 26.2 Å². The van der Waals surface area contributed by atoms with E-state index in [2.05, 4.69) is 31.6 Å². The molecule has 1 aromatic heterocycles. The lowest BCUT2D eigenvalue weighted by Gasteiger charge is -2.33.